The first-order valence-electron chi connectivity index (χ1n) is 7.44. The number of rotatable bonds is 8. The van der Waals surface area contributed by atoms with E-state index >= 15 is 0 Å². The second-order valence-corrected chi connectivity index (χ2v) is 6.39. The molecular formula is C16H26N2O3. The van der Waals surface area contributed by atoms with E-state index in [-0.39, 0.29) is 16.0 Å². The molecule has 0 fully saturated rings. The topological polar surface area (TPSA) is 64.4 Å². The van der Waals surface area contributed by atoms with E-state index < -0.39 is 0 Å². The lowest BCUT2D eigenvalue weighted by Crippen LogP contribution is -2.16. The molecule has 1 aromatic rings. The SMILES string of the molecule is CCCNCc1cc([N+](=O)[O-])ccc1OCCC(C)(C)C. The minimum absolute atomic E-state index is 0.103. The summed E-state index contributed by atoms with van der Waals surface area (Å²) in [6.45, 7) is 10.6. The van der Waals surface area contributed by atoms with Gasteiger partial charge in [0.15, 0.2) is 0 Å². The molecule has 0 saturated heterocycles. The Morgan fingerprint density at radius 1 is 1.33 bits per heavy atom. The number of hydrogen-bond acceptors (Lipinski definition) is 4. The first-order chi connectivity index (χ1) is 9.83. The summed E-state index contributed by atoms with van der Waals surface area (Å²) in [6.07, 6.45) is 1.96. The Labute approximate surface area is 126 Å². The molecule has 0 aromatic heterocycles. The van der Waals surface area contributed by atoms with Gasteiger partial charge in [-0.15, -0.1) is 0 Å². The molecule has 0 atom stereocenters. The maximum absolute atomic E-state index is 10.9. The van der Waals surface area contributed by atoms with Crippen LogP contribution in [0.25, 0.3) is 0 Å². The predicted molar refractivity (Wildman–Crippen MR) is 84.7 cm³/mol. The summed E-state index contributed by atoms with van der Waals surface area (Å²) in [4.78, 5) is 10.5. The Bertz CT molecular complexity index is 467. The number of non-ortho nitro benzene ring substituents is 1. The highest BCUT2D eigenvalue weighted by atomic mass is 16.6. The van der Waals surface area contributed by atoms with Crippen molar-refractivity contribution >= 4 is 5.69 Å². The van der Waals surface area contributed by atoms with Gasteiger partial charge in [-0.2, -0.15) is 0 Å². The summed E-state index contributed by atoms with van der Waals surface area (Å²) in [7, 11) is 0. The fraction of sp³-hybridized carbons (Fsp3) is 0.625. The van der Waals surface area contributed by atoms with E-state index in [1.807, 2.05) is 0 Å². The van der Waals surface area contributed by atoms with E-state index in [4.69, 9.17) is 4.74 Å². The normalized spacial score (nSPS) is 11.4. The van der Waals surface area contributed by atoms with Crippen molar-refractivity contribution < 1.29 is 9.66 Å². The van der Waals surface area contributed by atoms with Gasteiger partial charge in [-0.3, -0.25) is 10.1 Å². The van der Waals surface area contributed by atoms with Crippen LogP contribution in [0.1, 0.15) is 46.1 Å². The van der Waals surface area contributed by atoms with Crippen LogP contribution in [0.2, 0.25) is 0 Å². The average Bonchev–Trinajstić information content (AvgIpc) is 2.38. The highest BCUT2D eigenvalue weighted by Gasteiger charge is 2.14. The van der Waals surface area contributed by atoms with Gasteiger partial charge in [-0.25, -0.2) is 0 Å². The number of nitrogens with zero attached hydrogens (tertiary/aromatic N) is 1. The Hall–Kier alpha value is -1.62. The van der Waals surface area contributed by atoms with Gasteiger partial charge in [-0.1, -0.05) is 27.7 Å². The van der Waals surface area contributed by atoms with Gasteiger partial charge in [0.2, 0.25) is 0 Å². The molecule has 5 heteroatoms. The monoisotopic (exact) mass is 294 g/mol. The molecule has 0 aliphatic carbocycles. The second kappa shape index (κ2) is 7.98. The molecule has 0 heterocycles. The Morgan fingerprint density at radius 3 is 2.62 bits per heavy atom. The van der Waals surface area contributed by atoms with Crippen molar-refractivity contribution in [1.29, 1.82) is 0 Å². The minimum atomic E-state index is -0.373. The number of nitro benzene ring substituents is 1. The number of nitro groups is 1. The van der Waals surface area contributed by atoms with Gasteiger partial charge < -0.3 is 10.1 Å². The Morgan fingerprint density at radius 2 is 2.05 bits per heavy atom. The van der Waals surface area contributed by atoms with Crippen molar-refractivity contribution in [3.05, 3.63) is 33.9 Å². The van der Waals surface area contributed by atoms with Crippen LogP contribution in [0.3, 0.4) is 0 Å². The van der Waals surface area contributed by atoms with Gasteiger partial charge in [0.25, 0.3) is 5.69 Å². The molecule has 5 nitrogen and oxygen atoms in total. The molecule has 1 rings (SSSR count). The van der Waals surface area contributed by atoms with E-state index in [0.29, 0.717) is 13.2 Å². The second-order valence-electron chi connectivity index (χ2n) is 6.39. The van der Waals surface area contributed by atoms with Crippen LogP contribution in [-0.2, 0) is 6.54 Å². The molecule has 0 bridgehead atoms. The van der Waals surface area contributed by atoms with Gasteiger partial charge in [0.1, 0.15) is 5.75 Å². The van der Waals surface area contributed by atoms with E-state index in [1.165, 1.54) is 6.07 Å². The predicted octanol–water partition coefficient (Wildman–Crippen LogP) is 3.91. The fourth-order valence-corrected chi connectivity index (χ4v) is 1.83. The lowest BCUT2D eigenvalue weighted by Gasteiger charge is -2.19. The van der Waals surface area contributed by atoms with Gasteiger partial charge in [-0.05, 0) is 30.9 Å². The summed E-state index contributed by atoms with van der Waals surface area (Å²) in [5.74, 6) is 0.730. The van der Waals surface area contributed by atoms with E-state index in [9.17, 15) is 10.1 Å². The molecule has 21 heavy (non-hydrogen) atoms. The minimum Gasteiger partial charge on any atom is -0.493 e. The summed E-state index contributed by atoms with van der Waals surface area (Å²) >= 11 is 0. The third-order valence-corrected chi connectivity index (χ3v) is 3.11. The van der Waals surface area contributed by atoms with Crippen LogP contribution in [-0.4, -0.2) is 18.1 Å². The summed E-state index contributed by atoms with van der Waals surface area (Å²) in [6, 6.07) is 4.79. The van der Waals surface area contributed by atoms with Crippen LogP contribution in [0, 0.1) is 15.5 Å². The van der Waals surface area contributed by atoms with Gasteiger partial charge >= 0.3 is 0 Å². The number of ether oxygens (including phenoxy) is 1. The highest BCUT2D eigenvalue weighted by molar-refractivity contribution is 5.43. The number of hydrogen-bond donors (Lipinski definition) is 1. The molecule has 0 unspecified atom stereocenters. The lowest BCUT2D eigenvalue weighted by molar-refractivity contribution is -0.384. The molecule has 0 aliphatic heterocycles. The van der Waals surface area contributed by atoms with Crippen LogP contribution in [0.5, 0.6) is 5.75 Å². The standard InChI is InChI=1S/C16H26N2O3/c1-5-9-17-12-13-11-14(18(19)20)6-7-15(13)21-10-8-16(2,3)4/h6-7,11,17H,5,8-10,12H2,1-4H3. The molecule has 0 spiro atoms. The van der Waals surface area contributed by atoms with E-state index in [2.05, 4.69) is 33.0 Å². The molecular weight excluding hydrogens is 268 g/mol. The zero-order valence-corrected chi connectivity index (χ0v) is 13.4. The molecule has 0 saturated carbocycles. The van der Waals surface area contributed by atoms with Crippen molar-refractivity contribution in [3.8, 4) is 5.75 Å². The smallest absolute Gasteiger partial charge is 0.270 e. The average molecular weight is 294 g/mol. The maximum atomic E-state index is 10.9. The van der Waals surface area contributed by atoms with E-state index in [1.54, 1.807) is 12.1 Å². The van der Waals surface area contributed by atoms with Crippen LogP contribution in [0.4, 0.5) is 5.69 Å². The molecule has 0 radical (unpaired) electrons. The third-order valence-electron chi connectivity index (χ3n) is 3.11. The number of nitrogens with one attached hydrogen (secondary N) is 1. The van der Waals surface area contributed by atoms with Gasteiger partial charge in [0, 0.05) is 24.2 Å². The molecule has 0 aliphatic rings. The fourth-order valence-electron chi connectivity index (χ4n) is 1.83. The Balaban J connectivity index is 2.77. The largest absolute Gasteiger partial charge is 0.493 e. The molecule has 1 aromatic carbocycles. The lowest BCUT2D eigenvalue weighted by atomic mass is 9.93. The summed E-state index contributed by atoms with van der Waals surface area (Å²) < 4.78 is 5.82. The molecule has 1 N–H and O–H groups in total. The Kier molecular flexibility index (Phi) is 6.62. The van der Waals surface area contributed by atoms with Crippen molar-refractivity contribution in [2.24, 2.45) is 5.41 Å². The quantitative estimate of drug-likeness (QED) is 0.448. The zero-order valence-electron chi connectivity index (χ0n) is 13.4. The van der Waals surface area contributed by atoms with Crippen molar-refractivity contribution in [2.45, 2.75) is 47.1 Å². The van der Waals surface area contributed by atoms with E-state index in [0.717, 1.165) is 30.7 Å². The van der Waals surface area contributed by atoms with Crippen LogP contribution < -0.4 is 10.1 Å². The first kappa shape index (κ1) is 17.4. The summed E-state index contributed by atoms with van der Waals surface area (Å²) in [5.41, 5.74) is 1.15. The first-order valence-corrected chi connectivity index (χ1v) is 7.44. The third kappa shape index (κ3) is 6.58. The van der Waals surface area contributed by atoms with Crippen LogP contribution >= 0.6 is 0 Å². The summed E-state index contributed by atoms with van der Waals surface area (Å²) in [5, 5.41) is 14.1. The van der Waals surface area contributed by atoms with Gasteiger partial charge in [0.05, 0.1) is 11.5 Å². The maximum Gasteiger partial charge on any atom is 0.270 e. The van der Waals surface area contributed by atoms with Crippen LogP contribution in [0.15, 0.2) is 18.2 Å². The van der Waals surface area contributed by atoms with Crippen molar-refractivity contribution in [3.63, 3.8) is 0 Å². The molecule has 118 valence electrons. The zero-order chi connectivity index (χ0) is 15.9. The van der Waals surface area contributed by atoms with Crippen molar-refractivity contribution in [1.82, 2.24) is 5.32 Å². The highest BCUT2D eigenvalue weighted by Crippen LogP contribution is 2.26. The molecule has 0 amide bonds. The van der Waals surface area contributed by atoms with Crippen molar-refractivity contribution in [2.75, 3.05) is 13.2 Å². The number of benzene rings is 1.